The summed E-state index contributed by atoms with van der Waals surface area (Å²) in [5, 5.41) is 0.799. The van der Waals surface area contributed by atoms with Crippen molar-refractivity contribution in [2.45, 2.75) is 24.6 Å². The quantitative estimate of drug-likeness (QED) is 0.738. The third-order valence-electron chi connectivity index (χ3n) is 3.22. The summed E-state index contributed by atoms with van der Waals surface area (Å²) in [4.78, 5) is 9.03. The predicted molar refractivity (Wildman–Crippen MR) is 89.4 cm³/mol. The zero-order valence-electron chi connectivity index (χ0n) is 12.1. The molecule has 0 amide bonds. The molecule has 2 aromatic carbocycles. The number of para-hydroxylation sites is 2. The van der Waals surface area contributed by atoms with Crippen LogP contribution in [0.3, 0.4) is 0 Å². The second-order valence-corrected chi connectivity index (χ2v) is 6.15. The molecule has 0 bridgehead atoms. The molecular formula is C17H17N3S. The molecule has 0 fully saturated rings. The molecule has 3 aromatic rings. The number of benzene rings is 2. The smallest absolute Gasteiger partial charge is 0.156 e. The van der Waals surface area contributed by atoms with Crippen LogP contribution < -0.4 is 5.73 Å². The van der Waals surface area contributed by atoms with Gasteiger partial charge in [-0.15, -0.1) is 0 Å². The van der Waals surface area contributed by atoms with Crippen LogP contribution in [0.2, 0.25) is 0 Å². The molecule has 0 radical (unpaired) electrons. The molecule has 1 heterocycles. The number of rotatable bonds is 3. The van der Waals surface area contributed by atoms with Gasteiger partial charge in [-0.05, 0) is 31.5 Å². The van der Waals surface area contributed by atoms with Crippen LogP contribution >= 0.6 is 11.8 Å². The van der Waals surface area contributed by atoms with Crippen LogP contribution in [0, 0.1) is 13.8 Å². The first-order valence-electron chi connectivity index (χ1n) is 6.84. The maximum absolute atomic E-state index is 6.02. The number of nitrogens with zero attached hydrogens (tertiary/aromatic N) is 2. The van der Waals surface area contributed by atoms with Gasteiger partial charge in [-0.1, -0.05) is 53.2 Å². The Morgan fingerprint density at radius 2 is 1.57 bits per heavy atom. The molecule has 1 aromatic heterocycles. The van der Waals surface area contributed by atoms with Crippen molar-refractivity contribution in [1.29, 1.82) is 0 Å². The van der Waals surface area contributed by atoms with E-state index in [1.165, 1.54) is 16.7 Å². The molecule has 0 aliphatic carbocycles. The number of anilines is 1. The number of thioether (sulfide) groups is 1. The van der Waals surface area contributed by atoms with Crippen molar-refractivity contribution in [3.05, 3.63) is 59.2 Å². The van der Waals surface area contributed by atoms with E-state index in [0.29, 0.717) is 5.82 Å². The minimum Gasteiger partial charge on any atom is -0.381 e. The van der Waals surface area contributed by atoms with Crippen molar-refractivity contribution in [3.8, 4) is 0 Å². The Morgan fingerprint density at radius 1 is 0.952 bits per heavy atom. The highest BCUT2D eigenvalue weighted by Gasteiger charge is 2.07. The van der Waals surface area contributed by atoms with Gasteiger partial charge in [-0.2, -0.15) is 0 Å². The Labute approximate surface area is 128 Å². The van der Waals surface area contributed by atoms with E-state index >= 15 is 0 Å². The highest BCUT2D eigenvalue weighted by atomic mass is 32.2. The molecule has 2 N–H and O–H groups in total. The fourth-order valence-electron chi connectivity index (χ4n) is 2.41. The summed E-state index contributed by atoms with van der Waals surface area (Å²) in [6.07, 6.45) is 0. The number of fused-ring (bicyclic) bond motifs is 1. The second-order valence-electron chi connectivity index (χ2n) is 5.19. The SMILES string of the molecule is Cc1cc(C)cc(CSc2nc3ccccc3nc2N)c1. The van der Waals surface area contributed by atoms with Gasteiger partial charge in [0.05, 0.1) is 11.0 Å². The fourth-order valence-corrected chi connectivity index (χ4v) is 3.23. The topological polar surface area (TPSA) is 51.8 Å². The van der Waals surface area contributed by atoms with Gasteiger partial charge in [0.1, 0.15) is 5.03 Å². The minimum atomic E-state index is 0.503. The van der Waals surface area contributed by atoms with E-state index in [0.717, 1.165) is 21.8 Å². The molecule has 0 unspecified atom stereocenters. The predicted octanol–water partition coefficient (Wildman–Crippen LogP) is 4.12. The Balaban J connectivity index is 1.86. The van der Waals surface area contributed by atoms with Crippen LogP contribution in [-0.2, 0) is 5.75 Å². The highest BCUT2D eigenvalue weighted by molar-refractivity contribution is 7.98. The summed E-state index contributed by atoms with van der Waals surface area (Å²) in [5.74, 6) is 1.35. The minimum absolute atomic E-state index is 0.503. The molecule has 0 aliphatic heterocycles. The van der Waals surface area contributed by atoms with Crippen molar-refractivity contribution in [3.63, 3.8) is 0 Å². The molecule has 0 atom stereocenters. The summed E-state index contributed by atoms with van der Waals surface area (Å²) in [6.45, 7) is 4.23. The average Bonchev–Trinajstić information content (AvgIpc) is 2.44. The molecule has 3 nitrogen and oxygen atoms in total. The fraction of sp³-hybridized carbons (Fsp3) is 0.176. The molecule has 0 saturated heterocycles. The lowest BCUT2D eigenvalue weighted by molar-refractivity contribution is 1.13. The summed E-state index contributed by atoms with van der Waals surface area (Å²) in [7, 11) is 0. The number of aryl methyl sites for hydroxylation is 2. The Bertz CT molecular complexity index is 779. The standard InChI is InChI=1S/C17H17N3S/c1-11-7-12(2)9-13(8-11)10-21-17-16(18)19-14-5-3-4-6-15(14)20-17/h3-9H,10H2,1-2H3,(H2,18,19). The molecule has 0 aliphatic rings. The van der Waals surface area contributed by atoms with Crippen LogP contribution in [0.4, 0.5) is 5.82 Å². The molecule has 3 rings (SSSR count). The summed E-state index contributed by atoms with van der Waals surface area (Å²) in [6, 6.07) is 14.4. The highest BCUT2D eigenvalue weighted by Crippen LogP contribution is 2.27. The van der Waals surface area contributed by atoms with Gasteiger partial charge in [0.25, 0.3) is 0 Å². The zero-order chi connectivity index (χ0) is 14.8. The number of hydrogen-bond donors (Lipinski definition) is 1. The van der Waals surface area contributed by atoms with Gasteiger partial charge in [0, 0.05) is 5.75 Å². The van der Waals surface area contributed by atoms with E-state index in [1.807, 2.05) is 24.3 Å². The third-order valence-corrected chi connectivity index (χ3v) is 4.27. The monoisotopic (exact) mass is 295 g/mol. The normalized spacial score (nSPS) is 11.0. The molecular weight excluding hydrogens is 278 g/mol. The van der Waals surface area contributed by atoms with E-state index in [-0.39, 0.29) is 0 Å². The first-order valence-corrected chi connectivity index (χ1v) is 7.82. The Kier molecular flexibility index (Phi) is 3.80. The molecule has 4 heteroatoms. The van der Waals surface area contributed by atoms with Gasteiger partial charge in [0.15, 0.2) is 5.82 Å². The maximum atomic E-state index is 6.02. The van der Waals surface area contributed by atoms with E-state index in [2.05, 4.69) is 42.0 Å². The van der Waals surface area contributed by atoms with Crippen LogP contribution in [-0.4, -0.2) is 9.97 Å². The maximum Gasteiger partial charge on any atom is 0.156 e. The van der Waals surface area contributed by atoms with Crippen LogP contribution in [0.5, 0.6) is 0 Å². The largest absolute Gasteiger partial charge is 0.381 e. The van der Waals surface area contributed by atoms with Gasteiger partial charge in [-0.25, -0.2) is 9.97 Å². The Morgan fingerprint density at radius 3 is 2.24 bits per heavy atom. The summed E-state index contributed by atoms with van der Waals surface area (Å²) in [5.41, 5.74) is 11.6. The summed E-state index contributed by atoms with van der Waals surface area (Å²) >= 11 is 1.63. The van der Waals surface area contributed by atoms with Gasteiger partial charge >= 0.3 is 0 Å². The van der Waals surface area contributed by atoms with E-state index in [1.54, 1.807) is 11.8 Å². The van der Waals surface area contributed by atoms with Crippen LogP contribution in [0.15, 0.2) is 47.5 Å². The van der Waals surface area contributed by atoms with Crippen molar-refractivity contribution >= 4 is 28.6 Å². The first-order chi connectivity index (χ1) is 10.1. The number of nitrogens with two attached hydrogens (primary N) is 1. The molecule has 21 heavy (non-hydrogen) atoms. The number of hydrogen-bond acceptors (Lipinski definition) is 4. The van der Waals surface area contributed by atoms with Crippen molar-refractivity contribution in [2.24, 2.45) is 0 Å². The first kappa shape index (κ1) is 13.9. The summed E-state index contributed by atoms with van der Waals surface area (Å²) < 4.78 is 0. The van der Waals surface area contributed by atoms with Crippen LogP contribution in [0.1, 0.15) is 16.7 Å². The number of aromatic nitrogens is 2. The molecule has 106 valence electrons. The van der Waals surface area contributed by atoms with Crippen LogP contribution in [0.25, 0.3) is 11.0 Å². The van der Waals surface area contributed by atoms with Crippen molar-refractivity contribution in [2.75, 3.05) is 5.73 Å². The lowest BCUT2D eigenvalue weighted by Crippen LogP contribution is -1.97. The number of nitrogen functional groups attached to an aromatic ring is 1. The van der Waals surface area contributed by atoms with Gasteiger partial charge in [0.2, 0.25) is 0 Å². The zero-order valence-corrected chi connectivity index (χ0v) is 12.9. The molecule has 0 spiro atoms. The van der Waals surface area contributed by atoms with Gasteiger partial charge in [-0.3, -0.25) is 0 Å². The van der Waals surface area contributed by atoms with E-state index < -0.39 is 0 Å². The van der Waals surface area contributed by atoms with E-state index in [9.17, 15) is 0 Å². The van der Waals surface area contributed by atoms with Crippen molar-refractivity contribution in [1.82, 2.24) is 9.97 Å². The lowest BCUT2D eigenvalue weighted by Gasteiger charge is -2.07. The Hall–Kier alpha value is -2.07. The van der Waals surface area contributed by atoms with E-state index in [4.69, 9.17) is 5.73 Å². The average molecular weight is 295 g/mol. The van der Waals surface area contributed by atoms with Gasteiger partial charge < -0.3 is 5.73 Å². The van der Waals surface area contributed by atoms with Crippen molar-refractivity contribution < 1.29 is 0 Å². The molecule has 0 saturated carbocycles. The third kappa shape index (κ3) is 3.16. The second kappa shape index (κ2) is 5.74. The lowest BCUT2D eigenvalue weighted by atomic mass is 10.1.